The van der Waals surface area contributed by atoms with E-state index in [1.54, 1.807) is 19.8 Å². The van der Waals surface area contributed by atoms with Crippen molar-refractivity contribution in [3.05, 3.63) is 42.0 Å². The summed E-state index contributed by atoms with van der Waals surface area (Å²) in [4.78, 5) is 28.6. The third-order valence-corrected chi connectivity index (χ3v) is 5.97. The van der Waals surface area contributed by atoms with Crippen molar-refractivity contribution in [2.24, 2.45) is 0 Å². The standard InChI is InChI=1S/C22H26N6O2/c1-14-5-6-15(22(29)26-16-7-8-16)10-18(14)28-13-25-19-20(23-12-24-21(19)28)27-9-3-4-17(27)11-30-2/h5-6,10,12-13,16-17H,3-4,7-9,11H2,1-2H3,(H,26,29)/t17-/m0/s1. The van der Waals surface area contributed by atoms with Crippen LogP contribution in [0, 0.1) is 6.92 Å². The molecule has 1 atom stereocenters. The summed E-state index contributed by atoms with van der Waals surface area (Å²) >= 11 is 0. The predicted octanol–water partition coefficient (Wildman–Crippen LogP) is 2.63. The first-order chi connectivity index (χ1) is 14.7. The second-order valence-corrected chi connectivity index (χ2v) is 8.18. The van der Waals surface area contributed by atoms with Gasteiger partial charge in [-0.15, -0.1) is 0 Å². The molecule has 3 aromatic rings. The molecule has 2 fully saturated rings. The topological polar surface area (TPSA) is 85.2 Å². The molecule has 0 spiro atoms. The maximum Gasteiger partial charge on any atom is 0.251 e. The van der Waals surface area contributed by atoms with Gasteiger partial charge >= 0.3 is 0 Å². The van der Waals surface area contributed by atoms with Crippen LogP contribution in [-0.4, -0.2) is 57.8 Å². The van der Waals surface area contributed by atoms with Crippen molar-refractivity contribution in [2.75, 3.05) is 25.2 Å². The summed E-state index contributed by atoms with van der Waals surface area (Å²) in [5.41, 5.74) is 4.12. The Morgan fingerprint density at radius 2 is 2.10 bits per heavy atom. The Hall–Kier alpha value is -3.00. The Bertz CT molecular complexity index is 1090. The van der Waals surface area contributed by atoms with E-state index in [2.05, 4.69) is 25.2 Å². The summed E-state index contributed by atoms with van der Waals surface area (Å²) < 4.78 is 7.35. The number of nitrogens with zero attached hydrogens (tertiary/aromatic N) is 5. The first kappa shape index (κ1) is 19.0. The molecule has 1 saturated carbocycles. The van der Waals surface area contributed by atoms with Crippen LogP contribution in [-0.2, 0) is 4.74 Å². The van der Waals surface area contributed by atoms with Crippen molar-refractivity contribution in [2.45, 2.75) is 44.7 Å². The summed E-state index contributed by atoms with van der Waals surface area (Å²) in [7, 11) is 1.73. The Balaban J connectivity index is 1.54. The van der Waals surface area contributed by atoms with Gasteiger partial charge in [0.1, 0.15) is 12.7 Å². The smallest absolute Gasteiger partial charge is 0.251 e. The predicted molar refractivity (Wildman–Crippen MR) is 114 cm³/mol. The summed E-state index contributed by atoms with van der Waals surface area (Å²) in [6.45, 7) is 3.63. The van der Waals surface area contributed by atoms with Gasteiger partial charge in [-0.25, -0.2) is 15.0 Å². The molecular formula is C22H26N6O2. The molecule has 156 valence electrons. The minimum absolute atomic E-state index is 0.0297. The fourth-order valence-electron chi connectivity index (χ4n) is 4.20. The molecule has 3 heterocycles. The number of rotatable bonds is 6. The van der Waals surface area contributed by atoms with Crippen LogP contribution >= 0.6 is 0 Å². The van der Waals surface area contributed by atoms with E-state index in [0.717, 1.165) is 60.5 Å². The number of anilines is 1. The van der Waals surface area contributed by atoms with Crippen LogP contribution in [0.4, 0.5) is 5.82 Å². The van der Waals surface area contributed by atoms with E-state index in [4.69, 9.17) is 4.74 Å². The average molecular weight is 406 g/mol. The van der Waals surface area contributed by atoms with Gasteiger partial charge < -0.3 is 15.0 Å². The SMILES string of the molecule is COC[C@@H]1CCCN1c1ncnc2c1ncn2-c1cc(C(=O)NC2CC2)ccc1C. The van der Waals surface area contributed by atoms with Crippen LogP contribution in [0.25, 0.3) is 16.9 Å². The second-order valence-electron chi connectivity index (χ2n) is 8.18. The molecule has 0 radical (unpaired) electrons. The summed E-state index contributed by atoms with van der Waals surface area (Å²) in [6.07, 6.45) is 7.69. The third-order valence-electron chi connectivity index (χ3n) is 5.97. The maximum atomic E-state index is 12.5. The van der Waals surface area contributed by atoms with Crippen LogP contribution in [0.3, 0.4) is 0 Å². The fraction of sp³-hybridized carbons (Fsp3) is 0.455. The van der Waals surface area contributed by atoms with Crippen LogP contribution in [0.15, 0.2) is 30.9 Å². The largest absolute Gasteiger partial charge is 0.383 e. The van der Waals surface area contributed by atoms with Gasteiger partial charge in [0.25, 0.3) is 5.91 Å². The molecule has 2 aliphatic rings. The van der Waals surface area contributed by atoms with E-state index < -0.39 is 0 Å². The fourth-order valence-corrected chi connectivity index (χ4v) is 4.20. The number of carbonyl (C=O) groups is 1. The number of ether oxygens (including phenoxy) is 1. The number of carbonyl (C=O) groups excluding carboxylic acids is 1. The lowest BCUT2D eigenvalue weighted by atomic mass is 10.1. The molecule has 1 aliphatic heterocycles. The molecule has 30 heavy (non-hydrogen) atoms. The first-order valence-electron chi connectivity index (χ1n) is 10.5. The molecular weight excluding hydrogens is 380 g/mol. The van der Waals surface area contributed by atoms with E-state index in [1.165, 1.54) is 0 Å². The van der Waals surface area contributed by atoms with E-state index in [0.29, 0.717) is 24.3 Å². The van der Waals surface area contributed by atoms with Crippen LogP contribution in [0.2, 0.25) is 0 Å². The molecule has 8 nitrogen and oxygen atoms in total. The van der Waals surface area contributed by atoms with Crippen molar-refractivity contribution >= 4 is 22.9 Å². The van der Waals surface area contributed by atoms with Crippen molar-refractivity contribution in [1.29, 1.82) is 0 Å². The molecule has 1 saturated heterocycles. The highest BCUT2D eigenvalue weighted by atomic mass is 16.5. The zero-order chi connectivity index (χ0) is 20.7. The highest BCUT2D eigenvalue weighted by molar-refractivity contribution is 5.95. The number of imidazole rings is 1. The number of aromatic nitrogens is 4. The van der Waals surface area contributed by atoms with Crippen molar-refractivity contribution in [1.82, 2.24) is 24.8 Å². The number of methoxy groups -OCH3 is 1. The minimum Gasteiger partial charge on any atom is -0.383 e. The molecule has 0 unspecified atom stereocenters. The molecule has 1 aromatic carbocycles. The molecule has 1 N–H and O–H groups in total. The highest BCUT2D eigenvalue weighted by Crippen LogP contribution is 2.30. The number of aryl methyl sites for hydroxylation is 1. The van der Waals surface area contributed by atoms with Crippen LogP contribution < -0.4 is 10.2 Å². The van der Waals surface area contributed by atoms with Crippen LogP contribution in [0.1, 0.15) is 41.6 Å². The highest BCUT2D eigenvalue weighted by Gasteiger charge is 2.28. The molecule has 2 aromatic heterocycles. The number of benzene rings is 1. The van der Waals surface area contributed by atoms with Gasteiger partial charge in [0.05, 0.1) is 18.3 Å². The van der Waals surface area contributed by atoms with Gasteiger partial charge in [0, 0.05) is 25.3 Å². The van der Waals surface area contributed by atoms with E-state index in [-0.39, 0.29) is 5.91 Å². The number of hydrogen-bond acceptors (Lipinski definition) is 6. The van der Waals surface area contributed by atoms with Gasteiger partial charge in [-0.05, 0) is 50.3 Å². The zero-order valence-electron chi connectivity index (χ0n) is 17.3. The Morgan fingerprint density at radius 3 is 2.90 bits per heavy atom. The van der Waals surface area contributed by atoms with Gasteiger partial charge in [-0.2, -0.15) is 0 Å². The van der Waals surface area contributed by atoms with Gasteiger partial charge in [0.15, 0.2) is 17.0 Å². The lowest BCUT2D eigenvalue weighted by Crippen LogP contribution is -2.33. The lowest BCUT2D eigenvalue weighted by molar-refractivity contribution is 0.0951. The average Bonchev–Trinajstić information content (AvgIpc) is 3.27. The summed E-state index contributed by atoms with van der Waals surface area (Å²) in [6, 6.07) is 6.39. The first-order valence-corrected chi connectivity index (χ1v) is 10.5. The monoisotopic (exact) mass is 406 g/mol. The van der Waals surface area contributed by atoms with Gasteiger partial charge in [0.2, 0.25) is 0 Å². The molecule has 0 bridgehead atoms. The van der Waals surface area contributed by atoms with Gasteiger partial charge in [-0.1, -0.05) is 6.07 Å². The minimum atomic E-state index is -0.0297. The van der Waals surface area contributed by atoms with E-state index in [9.17, 15) is 4.79 Å². The van der Waals surface area contributed by atoms with E-state index >= 15 is 0 Å². The van der Waals surface area contributed by atoms with Crippen molar-refractivity contribution in [3.8, 4) is 5.69 Å². The normalized spacial score (nSPS) is 18.9. The van der Waals surface area contributed by atoms with Gasteiger partial charge in [-0.3, -0.25) is 9.36 Å². The Kier molecular flexibility index (Phi) is 4.86. The zero-order valence-corrected chi connectivity index (χ0v) is 17.3. The Labute approximate surface area is 175 Å². The number of fused-ring (bicyclic) bond motifs is 1. The molecule has 1 amide bonds. The number of hydrogen-bond donors (Lipinski definition) is 1. The van der Waals surface area contributed by atoms with E-state index in [1.807, 2.05) is 29.7 Å². The lowest BCUT2D eigenvalue weighted by Gasteiger charge is -2.25. The van der Waals surface area contributed by atoms with Crippen molar-refractivity contribution in [3.63, 3.8) is 0 Å². The van der Waals surface area contributed by atoms with Crippen molar-refractivity contribution < 1.29 is 9.53 Å². The summed E-state index contributed by atoms with van der Waals surface area (Å²) in [5.74, 6) is 0.816. The maximum absolute atomic E-state index is 12.5. The molecule has 1 aliphatic carbocycles. The molecule has 8 heteroatoms. The number of amides is 1. The van der Waals surface area contributed by atoms with Crippen LogP contribution in [0.5, 0.6) is 0 Å². The molecule has 5 rings (SSSR count). The Morgan fingerprint density at radius 1 is 1.23 bits per heavy atom. The third kappa shape index (κ3) is 3.41. The summed E-state index contributed by atoms with van der Waals surface area (Å²) in [5, 5.41) is 3.05. The second kappa shape index (κ2) is 7.68. The quantitative estimate of drug-likeness (QED) is 0.677. The number of nitrogens with one attached hydrogen (secondary N) is 1.